The number of nitrogens with zero attached hydrogens (tertiary/aromatic N) is 3. The number of hydrogen-bond acceptors (Lipinski definition) is 5. The lowest BCUT2D eigenvalue weighted by Crippen LogP contribution is -2.46. The van der Waals surface area contributed by atoms with Crippen LogP contribution in [-0.4, -0.2) is 36.3 Å². The topological polar surface area (TPSA) is 47.5 Å². The van der Waals surface area contributed by atoms with E-state index < -0.39 is 0 Å². The summed E-state index contributed by atoms with van der Waals surface area (Å²) in [5.41, 5.74) is 1.71. The summed E-state index contributed by atoms with van der Waals surface area (Å²) in [6, 6.07) is 6.20. The monoisotopic (exact) mass is 271 g/mol. The Labute approximate surface area is 117 Å². The summed E-state index contributed by atoms with van der Waals surface area (Å²) in [4.78, 5) is 11.7. The molecule has 1 fully saturated rings. The zero-order chi connectivity index (χ0) is 13.5. The van der Waals surface area contributed by atoms with E-state index in [0.717, 1.165) is 35.8 Å². The molecule has 2 aliphatic heterocycles. The number of rotatable bonds is 1. The maximum absolute atomic E-state index is 5.81. The van der Waals surface area contributed by atoms with Gasteiger partial charge in [-0.1, -0.05) is 0 Å². The molecule has 2 aromatic rings. The number of methoxy groups -OCH3 is 1. The summed E-state index contributed by atoms with van der Waals surface area (Å²) in [5.74, 6) is 2.36. The second-order valence-electron chi connectivity index (χ2n) is 5.36. The maximum Gasteiger partial charge on any atom is 0.258 e. The average Bonchev–Trinajstić information content (AvgIpc) is 2.52. The second kappa shape index (κ2) is 4.51. The Morgan fingerprint density at radius 1 is 1.25 bits per heavy atom. The van der Waals surface area contributed by atoms with Crippen molar-refractivity contribution in [3.63, 3.8) is 0 Å². The van der Waals surface area contributed by atoms with Crippen molar-refractivity contribution >= 4 is 16.9 Å². The summed E-state index contributed by atoms with van der Waals surface area (Å²) >= 11 is 0. The van der Waals surface area contributed by atoms with Gasteiger partial charge in [-0.2, -0.15) is 0 Å². The van der Waals surface area contributed by atoms with Crippen LogP contribution in [0, 0.1) is 0 Å². The van der Waals surface area contributed by atoms with Gasteiger partial charge in [-0.05, 0) is 31.4 Å². The molecule has 1 aromatic heterocycles. The first-order chi connectivity index (χ1) is 9.85. The van der Waals surface area contributed by atoms with Crippen molar-refractivity contribution in [2.45, 2.75) is 25.3 Å². The number of fused-ring (bicyclic) bond motifs is 4. The molecule has 4 rings (SSSR count). The third-order valence-corrected chi connectivity index (χ3v) is 4.13. The van der Waals surface area contributed by atoms with E-state index in [1.807, 2.05) is 18.2 Å². The SMILES string of the molecule is COc1ccc2nc3c(nc2c1)N1CCCCC1CO3. The molecule has 0 aliphatic carbocycles. The summed E-state index contributed by atoms with van der Waals surface area (Å²) in [5, 5.41) is 0. The molecule has 0 bridgehead atoms. The van der Waals surface area contributed by atoms with Crippen LogP contribution in [0.1, 0.15) is 19.3 Å². The van der Waals surface area contributed by atoms with Crippen LogP contribution < -0.4 is 14.4 Å². The van der Waals surface area contributed by atoms with Crippen molar-refractivity contribution in [2.24, 2.45) is 0 Å². The predicted molar refractivity (Wildman–Crippen MR) is 76.6 cm³/mol. The molecule has 1 aromatic carbocycles. The molecule has 1 unspecified atom stereocenters. The normalized spacial score (nSPS) is 21.1. The smallest absolute Gasteiger partial charge is 0.258 e. The van der Waals surface area contributed by atoms with Crippen LogP contribution in [0.2, 0.25) is 0 Å². The molecule has 0 spiro atoms. The molecule has 1 atom stereocenters. The predicted octanol–water partition coefficient (Wildman–Crippen LogP) is 2.39. The highest BCUT2D eigenvalue weighted by molar-refractivity contribution is 5.79. The first kappa shape index (κ1) is 11.8. The van der Waals surface area contributed by atoms with Crippen molar-refractivity contribution < 1.29 is 9.47 Å². The average molecular weight is 271 g/mol. The van der Waals surface area contributed by atoms with Gasteiger partial charge in [-0.25, -0.2) is 9.97 Å². The minimum atomic E-state index is 0.452. The van der Waals surface area contributed by atoms with Crippen LogP contribution in [0.5, 0.6) is 11.6 Å². The van der Waals surface area contributed by atoms with E-state index in [2.05, 4.69) is 9.88 Å². The minimum absolute atomic E-state index is 0.452. The second-order valence-corrected chi connectivity index (χ2v) is 5.36. The molecule has 104 valence electrons. The van der Waals surface area contributed by atoms with Crippen molar-refractivity contribution in [3.8, 4) is 11.6 Å². The van der Waals surface area contributed by atoms with Crippen LogP contribution in [0.25, 0.3) is 11.0 Å². The molecule has 0 radical (unpaired) electrons. The first-order valence-electron chi connectivity index (χ1n) is 7.10. The van der Waals surface area contributed by atoms with Gasteiger partial charge in [-0.15, -0.1) is 0 Å². The Balaban J connectivity index is 1.84. The number of hydrogen-bond donors (Lipinski definition) is 0. The number of benzene rings is 1. The fourth-order valence-electron chi connectivity index (χ4n) is 3.05. The van der Waals surface area contributed by atoms with E-state index in [1.165, 1.54) is 19.3 Å². The molecule has 3 heterocycles. The first-order valence-corrected chi connectivity index (χ1v) is 7.10. The minimum Gasteiger partial charge on any atom is -0.497 e. The summed E-state index contributed by atoms with van der Waals surface area (Å²) < 4.78 is 11.1. The summed E-state index contributed by atoms with van der Waals surface area (Å²) in [7, 11) is 1.66. The van der Waals surface area contributed by atoms with Gasteiger partial charge in [0.1, 0.15) is 12.4 Å². The van der Waals surface area contributed by atoms with Gasteiger partial charge >= 0.3 is 0 Å². The lowest BCUT2D eigenvalue weighted by atomic mass is 10.0. The fourth-order valence-corrected chi connectivity index (χ4v) is 3.05. The molecular formula is C15H17N3O2. The zero-order valence-electron chi connectivity index (χ0n) is 11.5. The van der Waals surface area contributed by atoms with E-state index in [-0.39, 0.29) is 0 Å². The standard InChI is InChI=1S/C15H17N3O2/c1-19-11-5-6-12-13(8-11)16-14-15(17-12)20-9-10-4-2-3-7-18(10)14/h5-6,8,10H,2-4,7,9H2,1H3. The molecule has 1 saturated heterocycles. The highest BCUT2D eigenvalue weighted by atomic mass is 16.5. The fraction of sp³-hybridized carbons (Fsp3) is 0.467. The quantitative estimate of drug-likeness (QED) is 0.797. The van der Waals surface area contributed by atoms with Gasteiger partial charge < -0.3 is 14.4 Å². The van der Waals surface area contributed by atoms with Gasteiger partial charge in [0.15, 0.2) is 5.82 Å². The Morgan fingerprint density at radius 3 is 3.10 bits per heavy atom. The molecule has 0 amide bonds. The number of aromatic nitrogens is 2. The molecule has 5 heteroatoms. The largest absolute Gasteiger partial charge is 0.497 e. The molecule has 20 heavy (non-hydrogen) atoms. The van der Waals surface area contributed by atoms with Crippen LogP contribution in [0.4, 0.5) is 5.82 Å². The highest BCUT2D eigenvalue weighted by Crippen LogP contribution is 2.36. The van der Waals surface area contributed by atoms with Gasteiger partial charge in [0.2, 0.25) is 0 Å². The summed E-state index contributed by atoms with van der Waals surface area (Å²) in [6.45, 7) is 1.77. The van der Waals surface area contributed by atoms with Crippen LogP contribution >= 0.6 is 0 Å². The lowest BCUT2D eigenvalue weighted by Gasteiger charge is -2.40. The maximum atomic E-state index is 5.81. The highest BCUT2D eigenvalue weighted by Gasteiger charge is 2.32. The summed E-state index contributed by atoms with van der Waals surface area (Å²) in [6.07, 6.45) is 3.67. The van der Waals surface area contributed by atoms with Gasteiger partial charge in [-0.3, -0.25) is 0 Å². The number of anilines is 1. The Morgan fingerprint density at radius 2 is 2.20 bits per heavy atom. The number of ether oxygens (including phenoxy) is 2. The van der Waals surface area contributed by atoms with Gasteiger partial charge in [0.05, 0.1) is 24.2 Å². The van der Waals surface area contributed by atoms with E-state index in [0.29, 0.717) is 11.9 Å². The van der Waals surface area contributed by atoms with Crippen molar-refractivity contribution in [3.05, 3.63) is 18.2 Å². The van der Waals surface area contributed by atoms with Crippen LogP contribution in [0.15, 0.2) is 18.2 Å². The van der Waals surface area contributed by atoms with E-state index in [1.54, 1.807) is 7.11 Å². The molecule has 2 aliphatic rings. The molecular weight excluding hydrogens is 254 g/mol. The molecule has 0 saturated carbocycles. The Kier molecular flexibility index (Phi) is 2.65. The zero-order valence-corrected chi connectivity index (χ0v) is 11.5. The molecule has 5 nitrogen and oxygen atoms in total. The Bertz CT molecular complexity index is 659. The Hall–Kier alpha value is -2.04. The van der Waals surface area contributed by atoms with Gasteiger partial charge in [0.25, 0.3) is 5.88 Å². The third kappa shape index (κ3) is 1.77. The lowest BCUT2D eigenvalue weighted by molar-refractivity contribution is 0.230. The van der Waals surface area contributed by atoms with E-state index in [4.69, 9.17) is 14.5 Å². The van der Waals surface area contributed by atoms with E-state index >= 15 is 0 Å². The van der Waals surface area contributed by atoms with E-state index in [9.17, 15) is 0 Å². The molecule has 0 N–H and O–H groups in total. The van der Waals surface area contributed by atoms with Gasteiger partial charge in [0, 0.05) is 12.6 Å². The van der Waals surface area contributed by atoms with Crippen LogP contribution in [-0.2, 0) is 0 Å². The van der Waals surface area contributed by atoms with Crippen LogP contribution in [0.3, 0.4) is 0 Å². The van der Waals surface area contributed by atoms with Crippen molar-refractivity contribution in [1.82, 2.24) is 9.97 Å². The van der Waals surface area contributed by atoms with Crippen molar-refractivity contribution in [2.75, 3.05) is 25.2 Å². The number of piperidine rings is 1. The third-order valence-electron chi connectivity index (χ3n) is 4.13. The van der Waals surface area contributed by atoms with Crippen molar-refractivity contribution in [1.29, 1.82) is 0 Å².